The molecule has 104 valence electrons. The van der Waals surface area contributed by atoms with Crippen LogP contribution in [0.5, 0.6) is 0 Å². The van der Waals surface area contributed by atoms with Gasteiger partial charge in [-0.25, -0.2) is 9.59 Å². The summed E-state index contributed by atoms with van der Waals surface area (Å²) < 4.78 is 0. The highest BCUT2D eigenvalue weighted by Gasteiger charge is 2.33. The highest BCUT2D eigenvalue weighted by molar-refractivity contribution is 5.77. The SMILES string of the molecule is CC1CN(C(=O)NCC(O)C(=O)O)CC1N(C)C. The highest BCUT2D eigenvalue weighted by Crippen LogP contribution is 2.19. The average Bonchev–Trinajstić information content (AvgIpc) is 2.67. The first-order chi connectivity index (χ1) is 8.32. The van der Waals surface area contributed by atoms with Crippen molar-refractivity contribution in [3.63, 3.8) is 0 Å². The Kier molecular flexibility index (Phi) is 4.92. The van der Waals surface area contributed by atoms with Gasteiger partial charge >= 0.3 is 12.0 Å². The molecule has 0 aromatic rings. The van der Waals surface area contributed by atoms with E-state index in [9.17, 15) is 9.59 Å². The van der Waals surface area contributed by atoms with Gasteiger partial charge in [-0.2, -0.15) is 0 Å². The number of likely N-dealkylation sites (N-methyl/N-ethyl adjacent to an activating group) is 1. The van der Waals surface area contributed by atoms with E-state index >= 15 is 0 Å². The summed E-state index contributed by atoms with van der Waals surface area (Å²) in [6, 6.07) is -0.0216. The Bertz CT molecular complexity index is 321. The number of hydrogen-bond donors (Lipinski definition) is 3. The van der Waals surface area contributed by atoms with Gasteiger partial charge in [0, 0.05) is 19.1 Å². The normalized spacial score (nSPS) is 25.3. The zero-order valence-electron chi connectivity index (χ0n) is 11.0. The number of rotatable bonds is 4. The number of carbonyl (C=O) groups excluding carboxylic acids is 1. The maximum atomic E-state index is 11.8. The summed E-state index contributed by atoms with van der Waals surface area (Å²) in [5, 5.41) is 20.0. The van der Waals surface area contributed by atoms with Crippen molar-refractivity contribution < 1.29 is 19.8 Å². The molecule has 0 saturated carbocycles. The minimum Gasteiger partial charge on any atom is -0.479 e. The summed E-state index contributed by atoms with van der Waals surface area (Å²) in [4.78, 5) is 25.9. The first-order valence-corrected chi connectivity index (χ1v) is 5.93. The number of aliphatic hydroxyl groups excluding tert-OH is 1. The van der Waals surface area contributed by atoms with Gasteiger partial charge in [0.1, 0.15) is 0 Å². The van der Waals surface area contributed by atoms with Gasteiger partial charge in [-0.1, -0.05) is 6.92 Å². The molecule has 18 heavy (non-hydrogen) atoms. The summed E-state index contributed by atoms with van der Waals surface area (Å²) >= 11 is 0. The van der Waals surface area contributed by atoms with E-state index in [0.717, 1.165) is 0 Å². The summed E-state index contributed by atoms with van der Waals surface area (Å²) in [5.41, 5.74) is 0. The van der Waals surface area contributed by atoms with Crippen LogP contribution in [0.15, 0.2) is 0 Å². The molecule has 1 aliphatic rings. The largest absolute Gasteiger partial charge is 0.479 e. The predicted octanol–water partition coefficient (Wildman–Crippen LogP) is -0.977. The van der Waals surface area contributed by atoms with E-state index in [1.54, 1.807) is 4.90 Å². The van der Waals surface area contributed by atoms with E-state index in [1.807, 2.05) is 14.1 Å². The molecule has 0 aromatic heterocycles. The van der Waals surface area contributed by atoms with Crippen molar-refractivity contribution >= 4 is 12.0 Å². The van der Waals surface area contributed by atoms with E-state index in [2.05, 4.69) is 17.1 Å². The molecular weight excluding hydrogens is 238 g/mol. The lowest BCUT2D eigenvalue weighted by atomic mass is 10.1. The maximum Gasteiger partial charge on any atom is 0.334 e. The van der Waals surface area contributed by atoms with Gasteiger partial charge in [-0.05, 0) is 20.0 Å². The predicted molar refractivity (Wildman–Crippen MR) is 65.3 cm³/mol. The van der Waals surface area contributed by atoms with Crippen LogP contribution in [0.25, 0.3) is 0 Å². The third kappa shape index (κ3) is 3.58. The van der Waals surface area contributed by atoms with Crippen LogP contribution in [-0.4, -0.2) is 77.9 Å². The van der Waals surface area contributed by atoms with Crippen LogP contribution in [0.1, 0.15) is 6.92 Å². The van der Waals surface area contributed by atoms with E-state index in [0.29, 0.717) is 25.0 Å². The second-order valence-electron chi connectivity index (χ2n) is 4.95. The van der Waals surface area contributed by atoms with Gasteiger partial charge in [0.25, 0.3) is 0 Å². The molecule has 0 radical (unpaired) electrons. The first kappa shape index (κ1) is 14.7. The third-order valence-corrected chi connectivity index (χ3v) is 3.25. The minimum atomic E-state index is -1.56. The number of aliphatic carboxylic acids is 1. The first-order valence-electron chi connectivity index (χ1n) is 5.93. The van der Waals surface area contributed by atoms with E-state index in [1.165, 1.54) is 0 Å². The van der Waals surface area contributed by atoms with Crippen LogP contribution in [0.2, 0.25) is 0 Å². The summed E-state index contributed by atoms with van der Waals surface area (Å²) in [6.45, 7) is 3.05. The van der Waals surface area contributed by atoms with Crippen molar-refractivity contribution in [2.75, 3.05) is 33.7 Å². The lowest BCUT2D eigenvalue weighted by Gasteiger charge is -2.22. The number of carboxylic acids is 1. The van der Waals surface area contributed by atoms with E-state index < -0.39 is 12.1 Å². The molecule has 3 atom stereocenters. The van der Waals surface area contributed by atoms with Gasteiger partial charge in [-0.15, -0.1) is 0 Å². The number of nitrogens with zero attached hydrogens (tertiary/aromatic N) is 2. The second-order valence-corrected chi connectivity index (χ2v) is 4.95. The molecule has 1 heterocycles. The highest BCUT2D eigenvalue weighted by atomic mass is 16.4. The molecule has 1 aliphatic heterocycles. The number of carboxylic acid groups (broad SMARTS) is 1. The van der Waals surface area contributed by atoms with E-state index in [4.69, 9.17) is 10.2 Å². The van der Waals surface area contributed by atoms with Crippen LogP contribution >= 0.6 is 0 Å². The molecule has 7 nitrogen and oxygen atoms in total. The molecule has 0 spiro atoms. The smallest absolute Gasteiger partial charge is 0.334 e. The van der Waals surface area contributed by atoms with Gasteiger partial charge < -0.3 is 25.3 Å². The summed E-state index contributed by atoms with van der Waals surface area (Å²) in [7, 11) is 3.94. The van der Waals surface area contributed by atoms with E-state index in [-0.39, 0.29) is 12.6 Å². The lowest BCUT2D eigenvalue weighted by molar-refractivity contribution is -0.146. The molecule has 3 N–H and O–H groups in total. The Labute approximate surface area is 106 Å². The van der Waals surface area contributed by atoms with Crippen LogP contribution < -0.4 is 5.32 Å². The molecule has 0 aromatic carbocycles. The molecule has 0 aliphatic carbocycles. The molecular formula is C11H21N3O4. The Morgan fingerprint density at radius 1 is 1.44 bits per heavy atom. The van der Waals surface area contributed by atoms with Crippen molar-refractivity contribution in [2.45, 2.75) is 19.1 Å². The number of amides is 2. The average molecular weight is 259 g/mol. The standard InChI is InChI=1S/C11H21N3O4/c1-7-5-14(6-8(7)13(2)3)11(18)12-4-9(15)10(16)17/h7-9,15H,4-6H2,1-3H3,(H,12,18)(H,16,17). The molecule has 7 heteroatoms. The van der Waals surface area contributed by atoms with Crippen LogP contribution in [0, 0.1) is 5.92 Å². The molecule has 1 fully saturated rings. The number of aliphatic hydroxyl groups is 1. The van der Waals surface area contributed by atoms with Crippen LogP contribution in [-0.2, 0) is 4.79 Å². The number of urea groups is 1. The number of hydrogen-bond acceptors (Lipinski definition) is 4. The number of carbonyl (C=O) groups is 2. The minimum absolute atomic E-state index is 0.272. The molecule has 2 amide bonds. The number of nitrogens with one attached hydrogen (secondary N) is 1. The van der Waals surface area contributed by atoms with Crippen molar-refractivity contribution in [1.82, 2.24) is 15.1 Å². The van der Waals surface area contributed by atoms with Crippen molar-refractivity contribution in [3.05, 3.63) is 0 Å². The Morgan fingerprint density at radius 2 is 2.06 bits per heavy atom. The molecule has 0 bridgehead atoms. The lowest BCUT2D eigenvalue weighted by Crippen LogP contribution is -2.44. The second kappa shape index (κ2) is 6.01. The Hall–Kier alpha value is -1.34. The maximum absolute atomic E-state index is 11.8. The molecule has 3 unspecified atom stereocenters. The Balaban J connectivity index is 2.42. The zero-order chi connectivity index (χ0) is 13.9. The summed E-state index contributed by atoms with van der Waals surface area (Å²) in [6.07, 6.45) is -1.56. The third-order valence-electron chi connectivity index (χ3n) is 3.25. The fourth-order valence-corrected chi connectivity index (χ4v) is 2.17. The number of likely N-dealkylation sites (tertiary alicyclic amines) is 1. The summed E-state index contributed by atoms with van der Waals surface area (Å²) in [5.74, 6) is -0.966. The topological polar surface area (TPSA) is 93.1 Å². The monoisotopic (exact) mass is 259 g/mol. The van der Waals surface area contributed by atoms with Gasteiger partial charge in [-0.3, -0.25) is 0 Å². The van der Waals surface area contributed by atoms with Crippen molar-refractivity contribution in [1.29, 1.82) is 0 Å². The fourth-order valence-electron chi connectivity index (χ4n) is 2.17. The molecule has 1 saturated heterocycles. The quantitative estimate of drug-likeness (QED) is 0.603. The van der Waals surface area contributed by atoms with Gasteiger partial charge in [0.15, 0.2) is 6.10 Å². The Morgan fingerprint density at radius 3 is 2.50 bits per heavy atom. The van der Waals surface area contributed by atoms with Gasteiger partial charge in [0.05, 0.1) is 6.54 Å². The van der Waals surface area contributed by atoms with Crippen LogP contribution in [0.3, 0.4) is 0 Å². The fraction of sp³-hybridized carbons (Fsp3) is 0.818. The van der Waals surface area contributed by atoms with Crippen LogP contribution in [0.4, 0.5) is 4.79 Å². The molecule has 1 rings (SSSR count). The van der Waals surface area contributed by atoms with Crippen molar-refractivity contribution in [3.8, 4) is 0 Å². The zero-order valence-corrected chi connectivity index (χ0v) is 11.0. The van der Waals surface area contributed by atoms with Crippen molar-refractivity contribution in [2.24, 2.45) is 5.92 Å². The van der Waals surface area contributed by atoms with Gasteiger partial charge in [0.2, 0.25) is 0 Å².